The van der Waals surface area contributed by atoms with Crippen LogP contribution in [0, 0.1) is 0 Å². The number of imidazole rings is 4. The highest BCUT2D eigenvalue weighted by Crippen LogP contribution is 2.36. The number of hydrogen-bond acceptors (Lipinski definition) is 16. The minimum atomic E-state index is 0.346. The summed E-state index contributed by atoms with van der Waals surface area (Å²) in [6.45, 7) is 18.6. The lowest BCUT2D eigenvalue weighted by Gasteiger charge is -2.34. The summed E-state index contributed by atoms with van der Waals surface area (Å²) in [7, 11) is 8.74. The molecule has 4 saturated heterocycles. The third-order valence-electron chi connectivity index (χ3n) is 17.6. The molecule has 0 unspecified atom stereocenters. The molecule has 86 heavy (non-hydrogen) atoms. The normalized spacial score (nSPS) is 17.1. The monoisotopic (exact) mass is 1160 g/mol. The van der Waals surface area contributed by atoms with E-state index in [-0.39, 0.29) is 0 Å². The minimum Gasteiger partial charge on any atom is -0.491 e. The lowest BCUT2D eigenvalue weighted by Crippen LogP contribution is -2.44. The Kier molecular flexibility index (Phi) is 15.9. The number of anilines is 4. The molecule has 0 radical (unpaired) electrons. The first kappa shape index (κ1) is 55.6. The van der Waals surface area contributed by atoms with Crippen LogP contribution in [0.25, 0.3) is 89.7 Å². The van der Waals surface area contributed by atoms with E-state index in [4.69, 9.17) is 38.9 Å². The van der Waals surface area contributed by atoms with Gasteiger partial charge in [0.25, 0.3) is 0 Å². The van der Waals surface area contributed by atoms with E-state index in [1.807, 2.05) is 24.3 Å². The second-order valence-electron chi connectivity index (χ2n) is 23.7. The van der Waals surface area contributed by atoms with Gasteiger partial charge in [-0.25, -0.2) is 19.9 Å². The van der Waals surface area contributed by atoms with Crippen LogP contribution in [0.4, 0.5) is 22.7 Å². The van der Waals surface area contributed by atoms with Crippen LogP contribution in [-0.4, -0.2) is 232 Å². The Morgan fingerprint density at radius 2 is 0.547 bits per heavy atom. The largest absolute Gasteiger partial charge is 0.491 e. The van der Waals surface area contributed by atoms with E-state index in [2.05, 4.69) is 172 Å². The number of hydrogen-bond donors (Lipinski definition) is 4. The summed E-state index contributed by atoms with van der Waals surface area (Å²) in [5.74, 6) is 4.47. The Hall–Kier alpha value is -8.24. The average Bonchev–Trinajstić information content (AvgIpc) is 2.57. The molecule has 4 aliphatic rings. The number of ether oxygens (including phenoxy) is 4. The fraction of sp³-hybridized carbons (Fsp3) is 0.394. The molecule has 0 atom stereocenters. The van der Waals surface area contributed by atoms with Gasteiger partial charge in [0.1, 0.15) is 48.0 Å². The van der Waals surface area contributed by atoms with E-state index in [1.54, 1.807) is 0 Å². The molecular formula is C66H78N16O4. The highest BCUT2D eigenvalue weighted by atomic mass is 16.6. The Bertz CT molecular complexity index is 3480. The van der Waals surface area contributed by atoms with Crippen molar-refractivity contribution < 1.29 is 18.9 Å². The molecular weight excluding hydrogens is 1080 g/mol. The summed E-state index contributed by atoms with van der Waals surface area (Å²) in [5, 5.41) is 0. The van der Waals surface area contributed by atoms with E-state index in [0.29, 0.717) is 51.1 Å². The number of nitrogens with one attached hydrogen (secondary N) is 4. The maximum atomic E-state index is 6.46. The Morgan fingerprint density at radius 1 is 0.302 bits per heavy atom. The second kappa shape index (κ2) is 24.6. The number of aromatic nitrogens is 8. The van der Waals surface area contributed by atoms with Crippen LogP contribution in [0.1, 0.15) is 0 Å². The molecule has 0 spiro atoms. The molecule has 20 nitrogen and oxygen atoms in total. The van der Waals surface area contributed by atoms with E-state index in [1.165, 1.54) is 22.7 Å². The highest BCUT2D eigenvalue weighted by molar-refractivity contribution is 5.88. The molecule has 6 aromatic carbocycles. The molecule has 10 aromatic rings. The second-order valence-corrected chi connectivity index (χ2v) is 23.7. The van der Waals surface area contributed by atoms with Crippen molar-refractivity contribution in [1.29, 1.82) is 0 Å². The van der Waals surface area contributed by atoms with Gasteiger partial charge in [-0.15, -0.1) is 0 Å². The Morgan fingerprint density at radius 3 is 0.802 bits per heavy atom. The predicted molar refractivity (Wildman–Crippen MR) is 345 cm³/mol. The van der Waals surface area contributed by atoms with Gasteiger partial charge in [0.05, 0.1) is 70.6 Å². The molecule has 20 heteroatoms. The maximum absolute atomic E-state index is 6.46. The fourth-order valence-corrected chi connectivity index (χ4v) is 12.3. The molecule has 446 valence electrons. The quantitative estimate of drug-likeness (QED) is 0.0568. The highest BCUT2D eigenvalue weighted by Gasteiger charge is 2.22. The molecule has 0 bridgehead atoms. The summed E-state index contributed by atoms with van der Waals surface area (Å²) in [5.41, 5.74) is 16.1. The number of H-pyrrole nitrogens is 4. The van der Waals surface area contributed by atoms with Gasteiger partial charge in [0, 0.05) is 150 Å². The molecule has 0 aliphatic carbocycles. The van der Waals surface area contributed by atoms with Crippen LogP contribution in [-0.2, 0) is 9.47 Å². The van der Waals surface area contributed by atoms with Crippen molar-refractivity contribution in [2.24, 2.45) is 0 Å². The molecule has 0 amide bonds. The number of piperazine rings is 4. The smallest absolute Gasteiger partial charge is 0.138 e. The topological polar surface area (TPSA) is 178 Å². The van der Waals surface area contributed by atoms with Crippen LogP contribution in [0.2, 0.25) is 0 Å². The summed E-state index contributed by atoms with van der Waals surface area (Å²) in [4.78, 5) is 54.2. The van der Waals surface area contributed by atoms with Crippen LogP contribution in [0.3, 0.4) is 0 Å². The average molecular weight is 1160 g/mol. The third-order valence-corrected chi connectivity index (χ3v) is 17.6. The zero-order valence-electron chi connectivity index (χ0n) is 49.9. The number of rotatable bonds is 19. The Labute approximate surface area is 501 Å². The van der Waals surface area contributed by atoms with Gasteiger partial charge in [-0.1, -0.05) is 0 Å². The number of benzene rings is 6. The number of likely N-dealkylation sites (N-methyl/N-ethyl adjacent to an activating group) is 4. The van der Waals surface area contributed by atoms with Crippen molar-refractivity contribution in [2.75, 3.05) is 192 Å². The van der Waals surface area contributed by atoms with Gasteiger partial charge in [0.2, 0.25) is 0 Å². The lowest BCUT2D eigenvalue weighted by atomic mass is 10.1. The Balaban J connectivity index is 0.628. The molecule has 8 heterocycles. The molecule has 4 fully saturated rings. The zero-order valence-corrected chi connectivity index (χ0v) is 49.9. The van der Waals surface area contributed by atoms with Crippen molar-refractivity contribution in [2.45, 2.75) is 0 Å². The van der Waals surface area contributed by atoms with Gasteiger partial charge < -0.3 is 78.1 Å². The molecule has 0 saturated carbocycles. The van der Waals surface area contributed by atoms with Crippen molar-refractivity contribution in [3.8, 4) is 57.1 Å². The van der Waals surface area contributed by atoms with Crippen molar-refractivity contribution in [3.63, 3.8) is 0 Å². The number of fused-ring (bicyclic) bond motifs is 4. The van der Waals surface area contributed by atoms with Crippen LogP contribution >= 0.6 is 0 Å². The summed E-state index contributed by atoms with van der Waals surface area (Å²) in [6, 6.07) is 38.5. The fourth-order valence-electron chi connectivity index (χ4n) is 12.3. The van der Waals surface area contributed by atoms with Gasteiger partial charge in [-0.05, 0) is 137 Å². The first-order chi connectivity index (χ1) is 42.1. The summed E-state index contributed by atoms with van der Waals surface area (Å²) < 4.78 is 25.0. The van der Waals surface area contributed by atoms with Gasteiger partial charge in [0.15, 0.2) is 0 Å². The van der Waals surface area contributed by atoms with Crippen LogP contribution < -0.4 is 29.1 Å². The summed E-state index contributed by atoms with van der Waals surface area (Å²) in [6.07, 6.45) is 0. The van der Waals surface area contributed by atoms with Crippen molar-refractivity contribution in [3.05, 3.63) is 109 Å². The molecule has 4 aromatic heterocycles. The van der Waals surface area contributed by atoms with E-state index < -0.39 is 0 Å². The van der Waals surface area contributed by atoms with E-state index in [9.17, 15) is 0 Å². The van der Waals surface area contributed by atoms with E-state index in [0.717, 1.165) is 194 Å². The van der Waals surface area contributed by atoms with Gasteiger partial charge in [-0.2, -0.15) is 0 Å². The standard InChI is InChI=1S/C66H78N16O4/c1-75-13-21-79(22-14-75)49-5-9-55-59(41-49)71-63(67-55)45-35-46(64-68-56-10-6-50(42-60(56)72-64)80-23-15-76(2)16-24-80)38-53(37-45)85-33-31-83-29-30-84-32-34-86-54-39-47(65-69-57-11-7-51(43-61(57)73-65)81-25-17-77(3)18-26-81)36-48(40-54)66-70-58-12-8-52(44-62(58)74-66)82-27-19-78(4)20-28-82/h5-12,35-44H,13-34H2,1-4H3,(H,67,71)(H,68,72)(H,69,73)(H,70,74). The maximum Gasteiger partial charge on any atom is 0.138 e. The minimum absolute atomic E-state index is 0.346. The van der Waals surface area contributed by atoms with Gasteiger partial charge in [-0.3, -0.25) is 0 Å². The first-order valence-corrected chi connectivity index (χ1v) is 30.6. The number of nitrogens with zero attached hydrogens (tertiary/aromatic N) is 12. The predicted octanol–water partition coefficient (Wildman–Crippen LogP) is 8.36. The zero-order chi connectivity index (χ0) is 58.1. The molecule has 4 N–H and O–H groups in total. The van der Waals surface area contributed by atoms with Crippen molar-refractivity contribution in [1.82, 2.24) is 59.5 Å². The van der Waals surface area contributed by atoms with Gasteiger partial charge >= 0.3 is 0 Å². The third kappa shape index (κ3) is 12.4. The SMILES string of the molecule is CN1CCN(c2ccc3nc(-c4cc(OCCOCCOCCOc5cc(-c6nc7ccc(N8CCN(C)CC8)cc7[nH]6)cc(-c6nc7ccc(N8CCN(C)CC8)cc7[nH]6)c5)cc(-c5nc6ccc(N7CCN(C)CC7)cc6[nH]5)c4)[nH]c3c2)CC1. The first-order valence-electron chi connectivity index (χ1n) is 30.6. The number of aromatic amines is 4. The van der Waals surface area contributed by atoms with Crippen LogP contribution in [0.5, 0.6) is 11.5 Å². The summed E-state index contributed by atoms with van der Waals surface area (Å²) >= 11 is 0. The lowest BCUT2D eigenvalue weighted by molar-refractivity contribution is 0.0274. The van der Waals surface area contributed by atoms with Crippen LogP contribution in [0.15, 0.2) is 109 Å². The molecule has 4 aliphatic heterocycles. The van der Waals surface area contributed by atoms with E-state index >= 15 is 0 Å². The van der Waals surface area contributed by atoms with Crippen molar-refractivity contribution >= 4 is 66.9 Å². The molecule has 14 rings (SSSR count).